The van der Waals surface area contributed by atoms with Crippen molar-refractivity contribution in [2.24, 2.45) is 5.10 Å². The van der Waals surface area contributed by atoms with Crippen LogP contribution in [0.15, 0.2) is 73.1 Å². The Labute approximate surface area is 231 Å². The standard InChI is InChI=1S/C25H18Br2FIN2O4/c1-2-33-21-9-16(19(27)11-22(21)34-13-14-3-5-18(28)6-4-14)12-30-31-25(32)23-8-15-7-17(26)10-20(29)24(15)35-23/h3-12H,2,13H2,1H3,(H,31,32)/b30-12-. The predicted molar refractivity (Wildman–Crippen MR) is 148 cm³/mol. The zero-order chi connectivity index (χ0) is 24.9. The number of hydrazone groups is 1. The highest BCUT2D eigenvalue weighted by molar-refractivity contribution is 14.1. The van der Waals surface area contributed by atoms with E-state index in [1.807, 2.05) is 19.1 Å². The van der Waals surface area contributed by atoms with Crippen LogP contribution in [-0.2, 0) is 6.61 Å². The normalized spacial score (nSPS) is 11.2. The van der Waals surface area contributed by atoms with Crippen LogP contribution in [0.3, 0.4) is 0 Å². The summed E-state index contributed by atoms with van der Waals surface area (Å²) in [6.45, 7) is 2.55. The number of rotatable bonds is 8. The predicted octanol–water partition coefficient (Wildman–Crippen LogP) is 7.44. The number of ether oxygens (including phenoxy) is 2. The molecule has 35 heavy (non-hydrogen) atoms. The lowest BCUT2D eigenvalue weighted by atomic mass is 10.2. The van der Waals surface area contributed by atoms with Crippen LogP contribution in [0, 0.1) is 9.39 Å². The van der Waals surface area contributed by atoms with Crippen molar-refractivity contribution in [2.75, 3.05) is 6.61 Å². The number of furan rings is 1. The highest BCUT2D eigenvalue weighted by Gasteiger charge is 2.15. The fourth-order valence-electron chi connectivity index (χ4n) is 3.18. The first-order valence-electron chi connectivity index (χ1n) is 10.4. The first-order valence-corrected chi connectivity index (χ1v) is 13.1. The van der Waals surface area contributed by atoms with Gasteiger partial charge >= 0.3 is 5.91 Å². The molecular formula is C25H18Br2FIN2O4. The Kier molecular flexibility index (Phi) is 8.45. The molecule has 1 heterocycles. The summed E-state index contributed by atoms with van der Waals surface area (Å²) in [7, 11) is 0. The number of nitrogens with zero attached hydrogens (tertiary/aromatic N) is 1. The van der Waals surface area contributed by atoms with Crippen LogP contribution in [0.4, 0.5) is 4.39 Å². The van der Waals surface area contributed by atoms with Crippen LogP contribution < -0.4 is 14.9 Å². The van der Waals surface area contributed by atoms with Crippen molar-refractivity contribution in [3.63, 3.8) is 0 Å². The van der Waals surface area contributed by atoms with Crippen molar-refractivity contribution in [2.45, 2.75) is 13.5 Å². The number of fused-ring (bicyclic) bond motifs is 1. The smallest absolute Gasteiger partial charge is 0.307 e. The van der Waals surface area contributed by atoms with Gasteiger partial charge in [0.15, 0.2) is 17.3 Å². The minimum Gasteiger partial charge on any atom is -0.490 e. The average molecular weight is 716 g/mol. The number of halogens is 4. The molecule has 0 spiro atoms. The molecule has 1 N–H and O–H groups in total. The van der Waals surface area contributed by atoms with Gasteiger partial charge in [-0.1, -0.05) is 28.1 Å². The molecule has 0 fully saturated rings. The molecule has 10 heteroatoms. The van der Waals surface area contributed by atoms with Crippen LogP contribution in [-0.4, -0.2) is 18.7 Å². The van der Waals surface area contributed by atoms with Gasteiger partial charge in [0.05, 0.1) is 16.4 Å². The summed E-state index contributed by atoms with van der Waals surface area (Å²) < 4.78 is 32.9. The van der Waals surface area contributed by atoms with E-state index in [0.717, 1.165) is 19.0 Å². The van der Waals surface area contributed by atoms with E-state index in [-0.39, 0.29) is 18.2 Å². The number of carbonyl (C=O) groups is 1. The molecule has 0 aliphatic carbocycles. The Morgan fingerprint density at radius 1 is 1.11 bits per heavy atom. The molecule has 0 atom stereocenters. The number of hydrogen-bond acceptors (Lipinski definition) is 5. The van der Waals surface area contributed by atoms with Gasteiger partial charge in [-0.05, 0) is 93.5 Å². The van der Waals surface area contributed by atoms with E-state index < -0.39 is 5.91 Å². The van der Waals surface area contributed by atoms with Gasteiger partial charge in [0.25, 0.3) is 0 Å². The van der Waals surface area contributed by atoms with Crippen molar-refractivity contribution in [3.05, 3.63) is 89.8 Å². The number of nitrogens with one attached hydrogen (secondary N) is 1. The lowest BCUT2D eigenvalue weighted by Crippen LogP contribution is -2.16. The third-order valence-electron chi connectivity index (χ3n) is 4.80. The number of carbonyl (C=O) groups excluding carboxylic acids is 1. The van der Waals surface area contributed by atoms with Crippen LogP contribution in [0.5, 0.6) is 11.5 Å². The molecule has 0 aliphatic rings. The molecular weight excluding hydrogens is 698 g/mol. The first-order chi connectivity index (χ1) is 16.8. The van der Waals surface area contributed by atoms with Gasteiger partial charge in [0.1, 0.15) is 18.0 Å². The van der Waals surface area contributed by atoms with E-state index in [9.17, 15) is 9.18 Å². The minimum absolute atomic E-state index is 0.159. The molecule has 0 bridgehead atoms. The number of benzene rings is 3. The minimum atomic E-state index is -0.468. The van der Waals surface area contributed by atoms with Crippen LogP contribution in [0.1, 0.15) is 28.6 Å². The number of amides is 1. The third kappa shape index (κ3) is 6.42. The summed E-state index contributed by atoms with van der Waals surface area (Å²) in [5, 5.41) is 4.88. The van der Waals surface area contributed by atoms with Gasteiger partial charge in [-0.15, -0.1) is 0 Å². The highest BCUT2D eigenvalue weighted by Crippen LogP contribution is 2.34. The Morgan fingerprint density at radius 2 is 1.86 bits per heavy atom. The Bertz CT molecular complexity index is 1410. The summed E-state index contributed by atoms with van der Waals surface area (Å²) in [5.74, 6) is 0.428. The fraction of sp³-hybridized carbons (Fsp3) is 0.120. The molecule has 4 aromatic rings. The first kappa shape index (κ1) is 25.6. The SMILES string of the molecule is CCOc1cc(/C=N\NC(=O)c2cc3cc(Br)cc(I)c3o2)c(Br)cc1OCc1ccc(F)cc1. The molecule has 6 nitrogen and oxygen atoms in total. The van der Waals surface area contributed by atoms with Crippen molar-refractivity contribution in [3.8, 4) is 11.5 Å². The summed E-state index contributed by atoms with van der Waals surface area (Å²) in [6, 6.07) is 15.1. The molecule has 0 unspecified atom stereocenters. The average Bonchev–Trinajstić information content (AvgIpc) is 3.25. The lowest BCUT2D eigenvalue weighted by molar-refractivity contribution is 0.0929. The monoisotopic (exact) mass is 714 g/mol. The second-order valence-corrected chi connectivity index (χ2v) is 10.2. The maximum atomic E-state index is 13.1. The van der Waals surface area contributed by atoms with E-state index in [4.69, 9.17) is 13.9 Å². The van der Waals surface area contributed by atoms with E-state index in [1.54, 1.807) is 30.3 Å². The molecule has 0 saturated carbocycles. The molecule has 4 rings (SSSR count). The third-order valence-corrected chi connectivity index (χ3v) is 6.75. The second kappa shape index (κ2) is 11.5. The zero-order valence-electron chi connectivity index (χ0n) is 18.3. The topological polar surface area (TPSA) is 73.1 Å². The van der Waals surface area contributed by atoms with Crippen LogP contribution in [0.25, 0.3) is 11.0 Å². The van der Waals surface area contributed by atoms with Gasteiger partial charge < -0.3 is 13.9 Å². The van der Waals surface area contributed by atoms with Gasteiger partial charge in [-0.3, -0.25) is 4.79 Å². The van der Waals surface area contributed by atoms with Crippen molar-refractivity contribution in [1.29, 1.82) is 0 Å². The Hall–Kier alpha value is -2.44. The summed E-state index contributed by atoms with van der Waals surface area (Å²) in [4.78, 5) is 12.5. The molecule has 180 valence electrons. The van der Waals surface area contributed by atoms with E-state index in [1.165, 1.54) is 18.3 Å². The molecule has 0 saturated heterocycles. The van der Waals surface area contributed by atoms with Gasteiger partial charge in [0.2, 0.25) is 0 Å². The highest BCUT2D eigenvalue weighted by atomic mass is 127. The van der Waals surface area contributed by atoms with Gasteiger partial charge in [0, 0.05) is 19.9 Å². The molecule has 3 aromatic carbocycles. The quantitative estimate of drug-likeness (QED) is 0.117. The summed E-state index contributed by atoms with van der Waals surface area (Å²) in [6.07, 6.45) is 1.50. The molecule has 0 aliphatic heterocycles. The maximum absolute atomic E-state index is 13.1. The van der Waals surface area contributed by atoms with E-state index in [0.29, 0.717) is 33.7 Å². The molecule has 1 amide bonds. The maximum Gasteiger partial charge on any atom is 0.307 e. The zero-order valence-corrected chi connectivity index (χ0v) is 23.6. The lowest BCUT2D eigenvalue weighted by Gasteiger charge is -2.14. The van der Waals surface area contributed by atoms with Gasteiger partial charge in [-0.25, -0.2) is 9.82 Å². The summed E-state index contributed by atoms with van der Waals surface area (Å²) in [5.41, 5.74) is 4.63. The Morgan fingerprint density at radius 3 is 2.60 bits per heavy atom. The van der Waals surface area contributed by atoms with E-state index in [2.05, 4.69) is 65.0 Å². The van der Waals surface area contributed by atoms with E-state index >= 15 is 0 Å². The van der Waals surface area contributed by atoms with Crippen molar-refractivity contribution in [1.82, 2.24) is 5.43 Å². The molecule has 0 radical (unpaired) electrons. The molecule has 1 aromatic heterocycles. The number of hydrogen-bond donors (Lipinski definition) is 1. The second-order valence-electron chi connectivity index (χ2n) is 7.28. The Balaban J connectivity index is 1.47. The summed E-state index contributed by atoms with van der Waals surface area (Å²) >= 11 is 9.10. The van der Waals surface area contributed by atoms with Crippen LogP contribution >= 0.6 is 54.5 Å². The fourth-order valence-corrected chi connectivity index (χ4v) is 5.26. The van der Waals surface area contributed by atoms with Crippen LogP contribution in [0.2, 0.25) is 0 Å². The van der Waals surface area contributed by atoms with Crippen molar-refractivity contribution >= 4 is 77.5 Å². The van der Waals surface area contributed by atoms with Crippen molar-refractivity contribution < 1.29 is 23.1 Å². The largest absolute Gasteiger partial charge is 0.490 e. The van der Waals surface area contributed by atoms with Gasteiger partial charge in [-0.2, -0.15) is 5.10 Å².